The molecule has 28 heavy (non-hydrogen) atoms. The summed E-state index contributed by atoms with van der Waals surface area (Å²) < 4.78 is 5.27. The van der Waals surface area contributed by atoms with Crippen LogP contribution in [0.1, 0.15) is 38.5 Å². The molecule has 1 aromatic rings. The first kappa shape index (κ1) is 19.1. The highest BCUT2D eigenvalue weighted by atomic mass is 35.5. The number of halogens is 1. The van der Waals surface area contributed by atoms with Gasteiger partial charge >= 0.3 is 5.97 Å². The summed E-state index contributed by atoms with van der Waals surface area (Å²) in [5, 5.41) is 24.4. The Balaban J connectivity index is 1.40. The number of nitro benzene ring substituents is 1. The lowest BCUT2D eigenvalue weighted by molar-refractivity contribution is -0.383. The van der Waals surface area contributed by atoms with Crippen molar-refractivity contribution in [1.82, 2.24) is 0 Å². The second-order valence-corrected chi connectivity index (χ2v) is 8.95. The van der Waals surface area contributed by atoms with Gasteiger partial charge < -0.3 is 15.2 Å². The number of nitro groups is 1. The first-order valence-electron chi connectivity index (χ1n) is 9.31. The third kappa shape index (κ3) is 3.46. The van der Waals surface area contributed by atoms with Gasteiger partial charge in [-0.15, -0.1) is 0 Å². The Kier molecular flexibility index (Phi) is 4.58. The monoisotopic (exact) mass is 408 g/mol. The topological polar surface area (TPSA) is 119 Å². The number of ether oxygens (including phenoxy) is 1. The maximum absolute atomic E-state index is 12.8. The molecular formula is C19H21ClN2O6. The quantitative estimate of drug-likeness (QED) is 0.439. The Bertz CT molecular complexity index is 843. The van der Waals surface area contributed by atoms with Crippen molar-refractivity contribution >= 4 is 34.9 Å². The Morgan fingerprint density at radius 2 is 1.96 bits per heavy atom. The van der Waals surface area contributed by atoms with E-state index in [0.29, 0.717) is 31.1 Å². The van der Waals surface area contributed by atoms with E-state index < -0.39 is 34.4 Å². The van der Waals surface area contributed by atoms with Gasteiger partial charge in [0.15, 0.2) is 6.61 Å². The molecule has 4 atom stereocenters. The van der Waals surface area contributed by atoms with Gasteiger partial charge in [-0.05, 0) is 62.5 Å². The number of carbonyl (C=O) groups is 2. The van der Waals surface area contributed by atoms with Gasteiger partial charge in [0.25, 0.3) is 11.6 Å². The standard InChI is InChI=1S/C19H21ClN2O6/c20-13-1-2-15(22(26)27)14(4-13)21-16(23)9-28-17(24)18-5-11-3-12(6-18)8-19(25,7-11)10-18/h1-2,4,11-12,25H,3,5-10H2,(H,21,23)/t11-,12+,18?,19?. The number of aliphatic hydroxyl groups is 1. The van der Waals surface area contributed by atoms with E-state index in [1.54, 1.807) is 0 Å². The first-order valence-corrected chi connectivity index (χ1v) is 9.69. The minimum atomic E-state index is -0.799. The van der Waals surface area contributed by atoms with Crippen LogP contribution in [0, 0.1) is 27.4 Å². The van der Waals surface area contributed by atoms with E-state index in [1.165, 1.54) is 18.2 Å². The van der Waals surface area contributed by atoms with E-state index >= 15 is 0 Å². The molecule has 0 spiro atoms. The normalized spacial score (nSPS) is 32.8. The summed E-state index contributed by atoms with van der Waals surface area (Å²) in [7, 11) is 0. The molecule has 5 rings (SSSR count). The second kappa shape index (κ2) is 6.70. The molecule has 4 bridgehead atoms. The zero-order valence-electron chi connectivity index (χ0n) is 15.2. The molecule has 4 aliphatic carbocycles. The average molecular weight is 409 g/mol. The third-order valence-electron chi connectivity index (χ3n) is 6.23. The highest BCUT2D eigenvalue weighted by Crippen LogP contribution is 2.61. The number of hydrogen-bond donors (Lipinski definition) is 2. The molecule has 0 radical (unpaired) electrons. The van der Waals surface area contributed by atoms with Crippen molar-refractivity contribution in [3.63, 3.8) is 0 Å². The molecule has 1 amide bonds. The van der Waals surface area contributed by atoms with Gasteiger partial charge in [-0.3, -0.25) is 19.7 Å². The maximum atomic E-state index is 12.8. The van der Waals surface area contributed by atoms with Crippen LogP contribution in [-0.2, 0) is 14.3 Å². The molecule has 2 unspecified atom stereocenters. The molecule has 2 N–H and O–H groups in total. The molecule has 0 saturated heterocycles. The minimum Gasteiger partial charge on any atom is -0.455 e. The van der Waals surface area contributed by atoms with E-state index in [1.807, 2.05) is 0 Å². The van der Waals surface area contributed by atoms with E-state index in [2.05, 4.69) is 5.32 Å². The largest absolute Gasteiger partial charge is 0.455 e. The fourth-order valence-electron chi connectivity index (χ4n) is 5.69. The van der Waals surface area contributed by atoms with E-state index in [4.69, 9.17) is 16.3 Å². The Hall–Kier alpha value is -2.19. The SMILES string of the molecule is O=C(COC(=O)C12C[C@@H]3C[C@@H](CC(O)(C3)C1)C2)Nc1cc(Cl)ccc1[N+](=O)[O-]. The predicted octanol–water partition coefficient (Wildman–Crippen LogP) is 3.06. The van der Waals surface area contributed by atoms with Gasteiger partial charge in [0.2, 0.25) is 0 Å². The van der Waals surface area contributed by atoms with Gasteiger partial charge in [-0.2, -0.15) is 0 Å². The highest BCUT2D eigenvalue weighted by Gasteiger charge is 2.60. The molecule has 4 saturated carbocycles. The number of esters is 1. The summed E-state index contributed by atoms with van der Waals surface area (Å²) in [5.74, 6) is -0.499. The number of carbonyl (C=O) groups excluding carboxylic acids is 2. The average Bonchev–Trinajstić information content (AvgIpc) is 2.57. The van der Waals surface area contributed by atoms with Gasteiger partial charge in [0.1, 0.15) is 5.69 Å². The second-order valence-electron chi connectivity index (χ2n) is 8.51. The summed E-state index contributed by atoms with van der Waals surface area (Å²) in [6, 6.07) is 3.82. The van der Waals surface area contributed by atoms with Crippen LogP contribution in [0.15, 0.2) is 18.2 Å². The van der Waals surface area contributed by atoms with Gasteiger partial charge in [0.05, 0.1) is 15.9 Å². The minimum absolute atomic E-state index is 0.0531. The number of nitrogens with one attached hydrogen (secondary N) is 1. The summed E-state index contributed by atoms with van der Waals surface area (Å²) in [6.07, 6.45) is 4.26. The Morgan fingerprint density at radius 3 is 2.57 bits per heavy atom. The summed E-state index contributed by atoms with van der Waals surface area (Å²) in [6.45, 7) is -0.544. The highest BCUT2D eigenvalue weighted by molar-refractivity contribution is 6.31. The summed E-state index contributed by atoms with van der Waals surface area (Å²) in [4.78, 5) is 35.4. The molecule has 8 nitrogen and oxygen atoms in total. The molecule has 9 heteroatoms. The fraction of sp³-hybridized carbons (Fsp3) is 0.579. The van der Waals surface area contributed by atoms with E-state index in [9.17, 15) is 24.8 Å². The molecule has 4 aliphatic rings. The zero-order chi connectivity index (χ0) is 20.1. The lowest BCUT2D eigenvalue weighted by Crippen LogP contribution is -2.58. The van der Waals surface area contributed by atoms with Crippen molar-refractivity contribution < 1.29 is 24.4 Å². The molecule has 0 aromatic heterocycles. The number of anilines is 1. The van der Waals surface area contributed by atoms with E-state index in [-0.39, 0.29) is 16.4 Å². The number of hydrogen-bond acceptors (Lipinski definition) is 6. The van der Waals surface area contributed by atoms with Crippen LogP contribution < -0.4 is 5.32 Å². The Morgan fingerprint density at radius 1 is 1.29 bits per heavy atom. The third-order valence-corrected chi connectivity index (χ3v) is 6.46. The number of amides is 1. The van der Waals surface area contributed by atoms with Crippen LogP contribution in [0.4, 0.5) is 11.4 Å². The Labute approximate surface area is 166 Å². The van der Waals surface area contributed by atoms with Crippen molar-refractivity contribution in [2.24, 2.45) is 17.3 Å². The van der Waals surface area contributed by atoms with Crippen LogP contribution in [0.2, 0.25) is 5.02 Å². The molecule has 150 valence electrons. The zero-order valence-corrected chi connectivity index (χ0v) is 15.9. The maximum Gasteiger partial charge on any atom is 0.312 e. The fourth-order valence-corrected chi connectivity index (χ4v) is 5.86. The van der Waals surface area contributed by atoms with Crippen LogP contribution in [0.3, 0.4) is 0 Å². The van der Waals surface area contributed by atoms with Gasteiger partial charge in [0, 0.05) is 11.1 Å². The summed E-state index contributed by atoms with van der Waals surface area (Å²) >= 11 is 5.84. The first-order chi connectivity index (χ1) is 13.2. The smallest absolute Gasteiger partial charge is 0.312 e. The van der Waals surface area contributed by atoms with Gasteiger partial charge in [-0.1, -0.05) is 11.6 Å². The number of nitrogens with zero attached hydrogens (tertiary/aromatic N) is 1. The van der Waals surface area contributed by atoms with Crippen molar-refractivity contribution in [2.45, 2.75) is 44.1 Å². The van der Waals surface area contributed by atoms with Crippen LogP contribution in [0.25, 0.3) is 0 Å². The van der Waals surface area contributed by atoms with Crippen molar-refractivity contribution in [3.05, 3.63) is 33.3 Å². The van der Waals surface area contributed by atoms with E-state index in [0.717, 1.165) is 19.3 Å². The van der Waals surface area contributed by atoms with Crippen LogP contribution >= 0.6 is 11.6 Å². The summed E-state index contributed by atoms with van der Waals surface area (Å²) in [5.41, 5.74) is -1.87. The number of rotatable bonds is 5. The molecule has 0 heterocycles. The van der Waals surface area contributed by atoms with Crippen molar-refractivity contribution in [1.29, 1.82) is 0 Å². The molecule has 0 aliphatic heterocycles. The predicted molar refractivity (Wildman–Crippen MR) is 99.8 cm³/mol. The van der Waals surface area contributed by atoms with Crippen LogP contribution in [-0.4, -0.2) is 34.1 Å². The van der Waals surface area contributed by atoms with Crippen molar-refractivity contribution in [3.8, 4) is 0 Å². The molecule has 1 aromatic carbocycles. The number of benzene rings is 1. The lowest BCUT2D eigenvalue weighted by atomic mass is 9.48. The lowest BCUT2D eigenvalue weighted by Gasteiger charge is -2.58. The van der Waals surface area contributed by atoms with Crippen molar-refractivity contribution in [2.75, 3.05) is 11.9 Å². The molecular weight excluding hydrogens is 388 g/mol. The van der Waals surface area contributed by atoms with Gasteiger partial charge in [-0.25, -0.2) is 0 Å². The van der Waals surface area contributed by atoms with Crippen LogP contribution in [0.5, 0.6) is 0 Å². The molecule has 4 fully saturated rings.